The van der Waals surface area contributed by atoms with Gasteiger partial charge in [0.25, 0.3) is 0 Å². The number of para-hydroxylation sites is 1. The number of aryl methyl sites for hydroxylation is 1. The average molecular weight is 384 g/mol. The number of carbonyl (C=O) groups excluding carboxylic acids is 1. The van der Waals surface area contributed by atoms with Gasteiger partial charge in [0.1, 0.15) is 6.04 Å². The lowest BCUT2D eigenvalue weighted by Crippen LogP contribution is -2.44. The van der Waals surface area contributed by atoms with Crippen LogP contribution in [0.3, 0.4) is 0 Å². The van der Waals surface area contributed by atoms with Gasteiger partial charge >= 0.3 is 0 Å². The Morgan fingerprint density at radius 1 is 1.14 bits per heavy atom. The number of hydrogen-bond donors (Lipinski definition) is 2. The molecule has 28 heavy (non-hydrogen) atoms. The number of rotatable bonds is 5. The van der Waals surface area contributed by atoms with Gasteiger partial charge in [0.05, 0.1) is 20.3 Å². The molecule has 0 bridgehead atoms. The molecule has 7 nitrogen and oxygen atoms in total. The molecule has 0 radical (unpaired) electrons. The number of nitrogens with zero attached hydrogens (tertiary/aromatic N) is 2. The molecular formula is C21H28N4O3. The van der Waals surface area contributed by atoms with E-state index < -0.39 is 0 Å². The fourth-order valence-electron chi connectivity index (χ4n) is 4.42. The summed E-state index contributed by atoms with van der Waals surface area (Å²) in [4.78, 5) is 15.0. The van der Waals surface area contributed by atoms with Crippen molar-refractivity contribution >= 4 is 5.91 Å². The highest BCUT2D eigenvalue weighted by atomic mass is 16.5. The number of likely N-dealkylation sites (tertiary alicyclic amines) is 1. The first-order valence-electron chi connectivity index (χ1n) is 9.74. The number of hydrogen-bond acceptors (Lipinski definition) is 5. The highest BCUT2D eigenvalue weighted by molar-refractivity contribution is 5.82. The lowest BCUT2D eigenvalue weighted by Gasteiger charge is -2.21. The highest BCUT2D eigenvalue weighted by Gasteiger charge is 2.37. The molecule has 2 aromatic rings. The lowest BCUT2D eigenvalue weighted by atomic mass is 9.97. The second kappa shape index (κ2) is 7.85. The first-order chi connectivity index (χ1) is 13.6. The van der Waals surface area contributed by atoms with Crippen molar-refractivity contribution in [1.82, 2.24) is 20.3 Å². The number of ether oxygens (including phenoxy) is 2. The summed E-state index contributed by atoms with van der Waals surface area (Å²) in [5.74, 6) is 1.92. The molecule has 0 saturated carbocycles. The van der Waals surface area contributed by atoms with Gasteiger partial charge in [-0.15, -0.1) is 0 Å². The van der Waals surface area contributed by atoms with Crippen LogP contribution in [0.1, 0.15) is 36.1 Å². The summed E-state index contributed by atoms with van der Waals surface area (Å²) in [7, 11) is 5.34. The quantitative estimate of drug-likeness (QED) is 0.825. The van der Waals surface area contributed by atoms with E-state index in [2.05, 4.69) is 27.6 Å². The Bertz CT molecular complexity index is 850. The number of methoxy groups -OCH3 is 2. The van der Waals surface area contributed by atoms with E-state index in [1.54, 1.807) is 14.2 Å². The third kappa shape index (κ3) is 3.36. The lowest BCUT2D eigenvalue weighted by molar-refractivity contribution is -0.132. The zero-order valence-corrected chi connectivity index (χ0v) is 16.6. The molecule has 3 atom stereocenters. The van der Waals surface area contributed by atoms with Gasteiger partial charge in [0, 0.05) is 43.5 Å². The van der Waals surface area contributed by atoms with E-state index in [9.17, 15) is 4.79 Å². The number of aromatic nitrogens is 1. The minimum absolute atomic E-state index is 0.144. The molecule has 150 valence electrons. The molecule has 1 amide bonds. The van der Waals surface area contributed by atoms with Gasteiger partial charge < -0.3 is 18.9 Å². The van der Waals surface area contributed by atoms with Crippen LogP contribution in [-0.2, 0) is 11.8 Å². The fourth-order valence-corrected chi connectivity index (χ4v) is 4.42. The van der Waals surface area contributed by atoms with E-state index in [1.165, 1.54) is 5.69 Å². The van der Waals surface area contributed by atoms with Crippen LogP contribution in [0.15, 0.2) is 36.5 Å². The maximum absolute atomic E-state index is 13.1. The smallest absolute Gasteiger partial charge is 0.241 e. The Kier molecular flexibility index (Phi) is 5.28. The van der Waals surface area contributed by atoms with Crippen molar-refractivity contribution in [1.29, 1.82) is 0 Å². The molecule has 1 aromatic heterocycles. The number of benzene rings is 1. The van der Waals surface area contributed by atoms with Crippen molar-refractivity contribution in [2.24, 2.45) is 7.05 Å². The predicted octanol–water partition coefficient (Wildman–Crippen LogP) is 1.97. The van der Waals surface area contributed by atoms with E-state index in [0.717, 1.165) is 36.4 Å². The maximum atomic E-state index is 13.1. The minimum atomic E-state index is -0.203. The van der Waals surface area contributed by atoms with Crippen LogP contribution in [0, 0.1) is 0 Å². The van der Waals surface area contributed by atoms with Crippen molar-refractivity contribution in [3.8, 4) is 11.5 Å². The van der Waals surface area contributed by atoms with Crippen molar-refractivity contribution < 1.29 is 14.3 Å². The molecule has 1 aromatic carbocycles. The largest absolute Gasteiger partial charge is 0.493 e. The molecule has 2 aliphatic heterocycles. The zero-order chi connectivity index (χ0) is 19.7. The molecule has 2 saturated heterocycles. The number of carbonyl (C=O) groups is 1. The standard InChI is InChI=1S/C21H28N4O3/c1-24-10-5-7-18(24)16-12-17(23-22-16)21(26)25-11-9-14(13-25)15-6-4-8-19(27-2)20(15)28-3/h4-8,10,14,16-17,22-23H,9,11-13H2,1-3H3. The fraction of sp³-hybridized carbons (Fsp3) is 0.476. The van der Waals surface area contributed by atoms with Crippen LogP contribution in [0.5, 0.6) is 11.5 Å². The molecule has 3 unspecified atom stereocenters. The molecule has 7 heteroatoms. The second-order valence-electron chi connectivity index (χ2n) is 7.53. The highest BCUT2D eigenvalue weighted by Crippen LogP contribution is 2.39. The second-order valence-corrected chi connectivity index (χ2v) is 7.53. The van der Waals surface area contributed by atoms with E-state index in [0.29, 0.717) is 6.54 Å². The Labute approximate surface area is 165 Å². The van der Waals surface area contributed by atoms with Crippen molar-refractivity contribution in [3.05, 3.63) is 47.8 Å². The molecule has 2 aliphatic rings. The normalized spacial score (nSPS) is 24.5. The summed E-state index contributed by atoms with van der Waals surface area (Å²) in [6, 6.07) is 10.0. The van der Waals surface area contributed by atoms with Gasteiger partial charge in [-0.25, -0.2) is 10.9 Å². The van der Waals surface area contributed by atoms with Crippen LogP contribution >= 0.6 is 0 Å². The summed E-state index contributed by atoms with van der Waals surface area (Å²) in [6.07, 6.45) is 3.70. The summed E-state index contributed by atoms with van der Waals surface area (Å²) in [6.45, 7) is 1.46. The Morgan fingerprint density at radius 3 is 2.71 bits per heavy atom. The molecular weight excluding hydrogens is 356 g/mol. The summed E-state index contributed by atoms with van der Waals surface area (Å²) in [5.41, 5.74) is 8.76. The van der Waals surface area contributed by atoms with Crippen LogP contribution in [0.2, 0.25) is 0 Å². The SMILES string of the molecule is COc1cccc(C2CCN(C(=O)C3CC(c4cccn4C)NN3)C2)c1OC. The first-order valence-corrected chi connectivity index (χ1v) is 9.74. The number of nitrogens with one attached hydrogen (secondary N) is 2. The van der Waals surface area contributed by atoms with Crippen LogP contribution < -0.4 is 20.3 Å². The topological polar surface area (TPSA) is 67.8 Å². The van der Waals surface area contributed by atoms with E-state index in [-0.39, 0.29) is 23.9 Å². The van der Waals surface area contributed by atoms with E-state index >= 15 is 0 Å². The molecule has 0 aliphatic carbocycles. The summed E-state index contributed by atoms with van der Waals surface area (Å²) in [5, 5.41) is 0. The van der Waals surface area contributed by atoms with Gasteiger partial charge in [0.2, 0.25) is 5.91 Å². The number of hydrazine groups is 1. The third-order valence-electron chi connectivity index (χ3n) is 5.92. The third-order valence-corrected chi connectivity index (χ3v) is 5.92. The van der Waals surface area contributed by atoms with Crippen LogP contribution in [-0.4, -0.2) is 48.7 Å². The predicted molar refractivity (Wildman–Crippen MR) is 106 cm³/mol. The Balaban J connectivity index is 1.42. The molecule has 2 fully saturated rings. The Hall–Kier alpha value is -2.51. The zero-order valence-electron chi connectivity index (χ0n) is 16.6. The molecule has 4 rings (SSSR count). The van der Waals surface area contributed by atoms with Gasteiger partial charge in [0.15, 0.2) is 11.5 Å². The minimum Gasteiger partial charge on any atom is -0.493 e. The van der Waals surface area contributed by atoms with Crippen molar-refractivity contribution in [3.63, 3.8) is 0 Å². The van der Waals surface area contributed by atoms with Gasteiger partial charge in [-0.05, 0) is 31.0 Å². The summed E-state index contributed by atoms with van der Waals surface area (Å²) >= 11 is 0. The van der Waals surface area contributed by atoms with Crippen LogP contribution in [0.25, 0.3) is 0 Å². The number of amides is 1. The maximum Gasteiger partial charge on any atom is 0.241 e. The van der Waals surface area contributed by atoms with Gasteiger partial charge in [-0.3, -0.25) is 4.79 Å². The summed E-state index contributed by atoms with van der Waals surface area (Å²) < 4.78 is 13.1. The van der Waals surface area contributed by atoms with E-state index in [4.69, 9.17) is 9.47 Å². The molecule has 0 spiro atoms. The van der Waals surface area contributed by atoms with Crippen molar-refractivity contribution in [2.75, 3.05) is 27.3 Å². The monoisotopic (exact) mass is 384 g/mol. The van der Waals surface area contributed by atoms with Crippen LogP contribution in [0.4, 0.5) is 0 Å². The van der Waals surface area contributed by atoms with Crippen molar-refractivity contribution in [2.45, 2.75) is 30.8 Å². The van der Waals surface area contributed by atoms with Gasteiger partial charge in [-0.2, -0.15) is 0 Å². The molecule has 3 heterocycles. The average Bonchev–Trinajstić information content (AvgIpc) is 3.46. The molecule has 2 N–H and O–H groups in total. The first kappa shape index (κ1) is 18.8. The van der Waals surface area contributed by atoms with E-state index in [1.807, 2.05) is 36.3 Å². The van der Waals surface area contributed by atoms with Gasteiger partial charge in [-0.1, -0.05) is 12.1 Å². The Morgan fingerprint density at radius 2 is 2.00 bits per heavy atom.